The van der Waals surface area contributed by atoms with E-state index >= 15 is 0 Å². The van der Waals surface area contributed by atoms with Crippen LogP contribution in [-0.2, 0) is 0 Å². The number of nitrogens with two attached hydrogens (primary N) is 1. The fraction of sp³-hybridized carbons (Fsp3) is 0.667. The summed E-state index contributed by atoms with van der Waals surface area (Å²) in [6, 6.07) is 3.08. The quantitative estimate of drug-likeness (QED) is 0.929. The van der Waals surface area contributed by atoms with Gasteiger partial charge in [-0.15, -0.1) is 11.3 Å². The van der Waals surface area contributed by atoms with Crippen molar-refractivity contribution in [3.8, 4) is 11.8 Å². The van der Waals surface area contributed by atoms with Gasteiger partial charge in [-0.1, -0.05) is 0 Å². The lowest BCUT2D eigenvalue weighted by atomic mass is 10.1. The Morgan fingerprint density at radius 1 is 1.33 bits per heavy atom. The molecule has 0 bridgehead atoms. The number of thiophene rings is 1. The first kappa shape index (κ1) is 15.9. The van der Waals surface area contributed by atoms with Crippen LogP contribution in [0.3, 0.4) is 0 Å². The zero-order chi connectivity index (χ0) is 15.7. The molecule has 0 amide bonds. The number of piperazine rings is 1. The number of hydrogen-bond donors (Lipinski definition) is 1. The first-order valence-corrected chi connectivity index (χ1v) is 8.12. The largest absolute Gasteiger partial charge is 0.486 e. The zero-order valence-electron chi connectivity index (χ0n) is 13.4. The van der Waals surface area contributed by atoms with Crippen LogP contribution in [0.2, 0.25) is 0 Å². The average Bonchev–Trinajstić information content (AvgIpc) is 2.72. The van der Waals surface area contributed by atoms with Gasteiger partial charge in [-0.2, -0.15) is 5.26 Å². The molecule has 2 N–H and O–H groups in total. The highest BCUT2D eigenvalue weighted by atomic mass is 32.1. The molecular weight excluding hydrogens is 284 g/mol. The van der Waals surface area contributed by atoms with Crippen LogP contribution in [-0.4, -0.2) is 43.2 Å². The number of anilines is 2. The molecule has 2 atom stereocenters. The molecule has 1 aliphatic heterocycles. The van der Waals surface area contributed by atoms with E-state index in [1.807, 2.05) is 13.8 Å². The second kappa shape index (κ2) is 6.12. The predicted molar refractivity (Wildman–Crippen MR) is 88.1 cm³/mol. The van der Waals surface area contributed by atoms with Crippen molar-refractivity contribution >= 4 is 22.0 Å². The van der Waals surface area contributed by atoms with E-state index in [0.29, 0.717) is 28.4 Å². The lowest BCUT2D eigenvalue weighted by Crippen LogP contribution is -2.54. The van der Waals surface area contributed by atoms with Gasteiger partial charge in [-0.3, -0.25) is 4.90 Å². The second-order valence-electron chi connectivity index (χ2n) is 6.03. The SMILES string of the molecule is CC(C)Oc1c(N2CC(C)N(C)C(C)C2)sc(C#N)c1N. The minimum absolute atomic E-state index is 0.0366. The van der Waals surface area contributed by atoms with Crippen molar-refractivity contribution < 1.29 is 4.74 Å². The Morgan fingerprint density at radius 2 is 1.90 bits per heavy atom. The maximum Gasteiger partial charge on any atom is 0.178 e. The molecule has 2 unspecified atom stereocenters. The summed E-state index contributed by atoms with van der Waals surface area (Å²) in [7, 11) is 2.15. The van der Waals surface area contributed by atoms with E-state index in [1.165, 1.54) is 11.3 Å². The third-order valence-corrected chi connectivity index (χ3v) is 5.14. The predicted octanol–water partition coefficient (Wildman–Crippen LogP) is 2.52. The van der Waals surface area contributed by atoms with Crippen LogP contribution in [0.15, 0.2) is 0 Å². The summed E-state index contributed by atoms with van der Waals surface area (Å²) in [6.07, 6.45) is 0.0366. The topological polar surface area (TPSA) is 65.5 Å². The molecule has 116 valence electrons. The molecule has 1 aromatic rings. The number of nitriles is 1. The van der Waals surface area contributed by atoms with Crippen molar-refractivity contribution in [2.75, 3.05) is 30.8 Å². The number of ether oxygens (including phenoxy) is 1. The number of nitrogens with zero attached hydrogens (tertiary/aromatic N) is 3. The van der Waals surface area contributed by atoms with Gasteiger partial charge in [0.15, 0.2) is 5.75 Å². The van der Waals surface area contributed by atoms with Crippen molar-refractivity contribution in [1.29, 1.82) is 5.26 Å². The maximum absolute atomic E-state index is 9.23. The first-order valence-electron chi connectivity index (χ1n) is 7.31. The minimum atomic E-state index is 0.0366. The molecule has 0 saturated carbocycles. The Hall–Kier alpha value is -1.45. The number of likely N-dealkylation sites (N-methyl/N-ethyl adjacent to an activating group) is 1. The fourth-order valence-corrected chi connectivity index (χ4v) is 3.60. The van der Waals surface area contributed by atoms with E-state index in [0.717, 1.165) is 18.1 Å². The Labute approximate surface area is 130 Å². The van der Waals surface area contributed by atoms with Crippen molar-refractivity contribution in [1.82, 2.24) is 4.90 Å². The van der Waals surface area contributed by atoms with Crippen LogP contribution < -0.4 is 15.4 Å². The molecule has 2 heterocycles. The summed E-state index contributed by atoms with van der Waals surface area (Å²) < 4.78 is 5.89. The Morgan fingerprint density at radius 3 is 2.38 bits per heavy atom. The smallest absolute Gasteiger partial charge is 0.178 e. The fourth-order valence-electron chi connectivity index (χ4n) is 2.63. The summed E-state index contributed by atoms with van der Waals surface area (Å²) >= 11 is 1.44. The van der Waals surface area contributed by atoms with Gasteiger partial charge < -0.3 is 15.4 Å². The van der Waals surface area contributed by atoms with Crippen LogP contribution in [0.5, 0.6) is 5.75 Å². The Bertz CT molecular complexity index is 537. The average molecular weight is 308 g/mol. The summed E-state index contributed by atoms with van der Waals surface area (Å²) in [5, 5.41) is 10.2. The molecule has 1 aromatic heterocycles. The van der Waals surface area contributed by atoms with Gasteiger partial charge in [0.25, 0.3) is 0 Å². The van der Waals surface area contributed by atoms with Crippen LogP contribution in [0, 0.1) is 11.3 Å². The molecule has 1 fully saturated rings. The van der Waals surface area contributed by atoms with Crippen molar-refractivity contribution in [3.05, 3.63) is 4.88 Å². The van der Waals surface area contributed by atoms with Crippen molar-refractivity contribution in [2.45, 2.75) is 45.9 Å². The van der Waals surface area contributed by atoms with Gasteiger partial charge in [0.2, 0.25) is 0 Å². The molecule has 6 heteroatoms. The lowest BCUT2D eigenvalue weighted by molar-refractivity contribution is 0.169. The monoisotopic (exact) mass is 308 g/mol. The molecule has 2 rings (SSSR count). The Kier molecular flexibility index (Phi) is 4.64. The third kappa shape index (κ3) is 3.09. The van der Waals surface area contributed by atoms with Gasteiger partial charge in [0.05, 0.1) is 6.10 Å². The molecule has 1 aliphatic rings. The van der Waals surface area contributed by atoms with Crippen LogP contribution in [0.1, 0.15) is 32.6 Å². The number of hydrogen-bond acceptors (Lipinski definition) is 6. The number of rotatable bonds is 3. The minimum Gasteiger partial charge on any atom is -0.486 e. The van der Waals surface area contributed by atoms with E-state index in [4.69, 9.17) is 10.5 Å². The molecule has 1 saturated heterocycles. The van der Waals surface area contributed by atoms with E-state index in [9.17, 15) is 5.26 Å². The molecule has 0 spiro atoms. The summed E-state index contributed by atoms with van der Waals surface area (Å²) in [6.45, 7) is 10.2. The lowest BCUT2D eigenvalue weighted by Gasteiger charge is -2.43. The molecular formula is C15H24N4OS. The maximum atomic E-state index is 9.23. The van der Waals surface area contributed by atoms with Crippen molar-refractivity contribution in [2.24, 2.45) is 0 Å². The van der Waals surface area contributed by atoms with Gasteiger partial charge >= 0.3 is 0 Å². The molecule has 5 nitrogen and oxygen atoms in total. The first-order chi connectivity index (χ1) is 9.85. The third-order valence-electron chi connectivity index (χ3n) is 3.98. The number of nitrogen functional groups attached to an aromatic ring is 1. The summed E-state index contributed by atoms with van der Waals surface area (Å²) in [4.78, 5) is 5.22. The van der Waals surface area contributed by atoms with E-state index in [1.54, 1.807) is 0 Å². The summed E-state index contributed by atoms with van der Waals surface area (Å²) in [5.41, 5.74) is 6.57. The normalized spacial score (nSPS) is 23.4. The van der Waals surface area contributed by atoms with Gasteiger partial charge in [-0.05, 0) is 34.7 Å². The van der Waals surface area contributed by atoms with Gasteiger partial charge in [0, 0.05) is 25.2 Å². The van der Waals surface area contributed by atoms with Gasteiger partial charge in [0.1, 0.15) is 21.6 Å². The highest BCUT2D eigenvalue weighted by Gasteiger charge is 2.31. The standard InChI is InChI=1S/C15H24N4OS/c1-9(2)20-14-13(17)12(6-16)21-15(14)19-7-10(3)18(5)11(4)8-19/h9-11H,7-8,17H2,1-5H3. The second-order valence-corrected chi connectivity index (χ2v) is 7.03. The molecule has 0 aliphatic carbocycles. The van der Waals surface area contributed by atoms with E-state index in [2.05, 4.69) is 36.8 Å². The van der Waals surface area contributed by atoms with E-state index in [-0.39, 0.29) is 6.10 Å². The molecule has 0 radical (unpaired) electrons. The molecule has 21 heavy (non-hydrogen) atoms. The molecule has 0 aromatic carbocycles. The van der Waals surface area contributed by atoms with Crippen LogP contribution in [0.4, 0.5) is 10.7 Å². The van der Waals surface area contributed by atoms with Crippen LogP contribution in [0.25, 0.3) is 0 Å². The summed E-state index contributed by atoms with van der Waals surface area (Å²) in [5.74, 6) is 0.676. The van der Waals surface area contributed by atoms with Crippen molar-refractivity contribution in [3.63, 3.8) is 0 Å². The highest BCUT2D eigenvalue weighted by molar-refractivity contribution is 7.17. The van der Waals surface area contributed by atoms with Crippen LogP contribution >= 0.6 is 11.3 Å². The van der Waals surface area contributed by atoms with Gasteiger partial charge in [-0.25, -0.2) is 0 Å². The van der Waals surface area contributed by atoms with E-state index < -0.39 is 0 Å². The Balaban J connectivity index is 2.37. The zero-order valence-corrected chi connectivity index (χ0v) is 14.2. The highest BCUT2D eigenvalue weighted by Crippen LogP contribution is 2.45.